The zero-order valence-corrected chi connectivity index (χ0v) is 12.5. The predicted molar refractivity (Wildman–Crippen MR) is 76.8 cm³/mol. The number of hydrogen-bond acceptors (Lipinski definition) is 2. The van der Waals surface area contributed by atoms with E-state index in [2.05, 4.69) is 20.8 Å². The molecule has 19 heavy (non-hydrogen) atoms. The minimum Gasteiger partial charge on any atom is -0.490 e. The van der Waals surface area contributed by atoms with Crippen LogP contribution in [0.25, 0.3) is 0 Å². The van der Waals surface area contributed by atoms with Crippen LogP contribution in [-0.2, 0) is 5.41 Å². The van der Waals surface area contributed by atoms with E-state index in [9.17, 15) is 4.79 Å². The molecule has 1 aliphatic carbocycles. The summed E-state index contributed by atoms with van der Waals surface area (Å²) in [5, 5.41) is 0. The zero-order chi connectivity index (χ0) is 14.2. The fourth-order valence-electron chi connectivity index (χ4n) is 2.19. The molecule has 0 bridgehead atoms. The van der Waals surface area contributed by atoms with Gasteiger partial charge in [-0.25, -0.2) is 0 Å². The number of hydrogen-bond donors (Lipinski definition) is 0. The van der Waals surface area contributed by atoms with Crippen LogP contribution in [0.15, 0.2) is 18.2 Å². The molecule has 0 atom stereocenters. The van der Waals surface area contributed by atoms with Crippen LogP contribution in [0.2, 0.25) is 0 Å². The molecule has 3 nitrogen and oxygen atoms in total. The van der Waals surface area contributed by atoms with Gasteiger partial charge in [0.05, 0.1) is 6.10 Å². The van der Waals surface area contributed by atoms with Gasteiger partial charge in [0.25, 0.3) is 5.91 Å². The Hall–Kier alpha value is -1.51. The highest BCUT2D eigenvalue weighted by molar-refractivity contribution is 5.96. The summed E-state index contributed by atoms with van der Waals surface area (Å²) < 4.78 is 5.98. The van der Waals surface area contributed by atoms with Crippen LogP contribution in [0.1, 0.15) is 49.5 Å². The second-order valence-corrected chi connectivity index (χ2v) is 6.45. The molecule has 1 fully saturated rings. The Morgan fingerprint density at radius 3 is 2.37 bits per heavy atom. The lowest BCUT2D eigenvalue weighted by atomic mass is 9.82. The van der Waals surface area contributed by atoms with Gasteiger partial charge in [0.15, 0.2) is 0 Å². The van der Waals surface area contributed by atoms with Gasteiger partial charge in [0, 0.05) is 25.2 Å². The van der Waals surface area contributed by atoms with Gasteiger partial charge in [-0.3, -0.25) is 4.79 Å². The van der Waals surface area contributed by atoms with Gasteiger partial charge in [-0.2, -0.15) is 0 Å². The molecule has 0 unspecified atom stereocenters. The molecular formula is C16H23NO2. The molecule has 1 aliphatic rings. The van der Waals surface area contributed by atoms with Crippen molar-refractivity contribution in [2.45, 2.75) is 45.1 Å². The van der Waals surface area contributed by atoms with Gasteiger partial charge in [0.1, 0.15) is 5.75 Å². The van der Waals surface area contributed by atoms with Crippen LogP contribution in [0, 0.1) is 0 Å². The Morgan fingerprint density at radius 1 is 1.26 bits per heavy atom. The molecule has 0 saturated heterocycles. The normalized spacial score (nSPS) is 15.2. The summed E-state index contributed by atoms with van der Waals surface area (Å²) in [6.07, 6.45) is 2.58. The first-order chi connectivity index (χ1) is 8.80. The predicted octanol–water partition coefficient (Wildman–Crippen LogP) is 3.23. The average Bonchev–Trinajstić information content (AvgIpc) is 3.10. The minimum absolute atomic E-state index is 0.0335. The number of rotatable bonds is 3. The van der Waals surface area contributed by atoms with Crippen molar-refractivity contribution >= 4 is 5.91 Å². The maximum Gasteiger partial charge on any atom is 0.253 e. The molecule has 0 N–H and O–H groups in total. The Kier molecular flexibility index (Phi) is 3.57. The summed E-state index contributed by atoms with van der Waals surface area (Å²) in [5.74, 6) is 0.897. The number of nitrogens with zero attached hydrogens (tertiary/aromatic N) is 1. The highest BCUT2D eigenvalue weighted by Gasteiger charge is 2.30. The Bertz CT molecular complexity index is 482. The Morgan fingerprint density at radius 2 is 1.89 bits per heavy atom. The first-order valence-corrected chi connectivity index (χ1v) is 6.82. The zero-order valence-electron chi connectivity index (χ0n) is 12.5. The van der Waals surface area contributed by atoms with E-state index in [1.807, 2.05) is 18.2 Å². The lowest BCUT2D eigenvalue weighted by Crippen LogP contribution is -2.27. The van der Waals surface area contributed by atoms with Crippen LogP contribution in [-0.4, -0.2) is 31.0 Å². The van der Waals surface area contributed by atoms with E-state index >= 15 is 0 Å². The van der Waals surface area contributed by atoms with Gasteiger partial charge in [-0.1, -0.05) is 26.8 Å². The lowest BCUT2D eigenvalue weighted by molar-refractivity contribution is 0.0824. The lowest BCUT2D eigenvalue weighted by Gasteiger charge is -2.26. The van der Waals surface area contributed by atoms with Crippen molar-refractivity contribution in [1.29, 1.82) is 0 Å². The largest absolute Gasteiger partial charge is 0.490 e. The molecule has 0 aliphatic heterocycles. The molecule has 1 saturated carbocycles. The summed E-state index contributed by atoms with van der Waals surface area (Å²) in [6.45, 7) is 6.36. The Labute approximate surface area is 115 Å². The number of amides is 1. The maximum absolute atomic E-state index is 12.3. The first kappa shape index (κ1) is 13.9. The van der Waals surface area contributed by atoms with E-state index in [0.29, 0.717) is 6.10 Å². The first-order valence-electron chi connectivity index (χ1n) is 6.82. The molecule has 1 aromatic carbocycles. The topological polar surface area (TPSA) is 29.5 Å². The SMILES string of the molecule is CN(C)C(=O)c1cccc(OC2CC2)c1C(C)(C)C. The number of carbonyl (C=O) groups is 1. The highest BCUT2D eigenvalue weighted by Crippen LogP contribution is 2.37. The quantitative estimate of drug-likeness (QED) is 0.836. The van der Waals surface area contributed by atoms with Crippen molar-refractivity contribution in [3.8, 4) is 5.75 Å². The van der Waals surface area contributed by atoms with Gasteiger partial charge < -0.3 is 9.64 Å². The minimum atomic E-state index is -0.119. The number of ether oxygens (including phenoxy) is 1. The second kappa shape index (κ2) is 4.87. The molecule has 0 spiro atoms. The van der Waals surface area contributed by atoms with E-state index in [0.717, 1.165) is 29.7 Å². The maximum atomic E-state index is 12.3. The van der Waals surface area contributed by atoms with Crippen LogP contribution >= 0.6 is 0 Å². The highest BCUT2D eigenvalue weighted by atomic mass is 16.5. The van der Waals surface area contributed by atoms with Gasteiger partial charge in [-0.05, 0) is 30.4 Å². The molecule has 0 radical (unpaired) electrons. The van der Waals surface area contributed by atoms with Crippen molar-refractivity contribution in [3.05, 3.63) is 29.3 Å². The van der Waals surface area contributed by atoms with E-state index in [1.54, 1.807) is 19.0 Å². The van der Waals surface area contributed by atoms with E-state index in [4.69, 9.17) is 4.74 Å². The van der Waals surface area contributed by atoms with Crippen molar-refractivity contribution < 1.29 is 9.53 Å². The fourth-order valence-corrected chi connectivity index (χ4v) is 2.19. The molecule has 1 amide bonds. The van der Waals surface area contributed by atoms with Crippen molar-refractivity contribution in [2.75, 3.05) is 14.1 Å². The fraction of sp³-hybridized carbons (Fsp3) is 0.562. The summed E-state index contributed by atoms with van der Waals surface area (Å²) in [4.78, 5) is 14.0. The summed E-state index contributed by atoms with van der Waals surface area (Å²) in [6, 6.07) is 5.78. The molecule has 1 aromatic rings. The number of benzene rings is 1. The summed E-state index contributed by atoms with van der Waals surface area (Å²) in [5.41, 5.74) is 1.64. The second-order valence-electron chi connectivity index (χ2n) is 6.45. The van der Waals surface area contributed by atoms with Crippen LogP contribution in [0.5, 0.6) is 5.75 Å². The van der Waals surface area contributed by atoms with E-state index in [-0.39, 0.29) is 11.3 Å². The van der Waals surface area contributed by atoms with E-state index in [1.165, 1.54) is 0 Å². The van der Waals surface area contributed by atoms with Crippen LogP contribution in [0.4, 0.5) is 0 Å². The van der Waals surface area contributed by atoms with Crippen LogP contribution < -0.4 is 4.74 Å². The smallest absolute Gasteiger partial charge is 0.253 e. The average molecular weight is 261 g/mol. The molecular weight excluding hydrogens is 238 g/mol. The third-order valence-corrected chi connectivity index (χ3v) is 3.23. The standard InChI is InChI=1S/C16H23NO2/c1-16(2,3)14-12(15(18)17(4)5)7-6-8-13(14)19-11-9-10-11/h6-8,11H,9-10H2,1-5H3. The van der Waals surface area contributed by atoms with Crippen molar-refractivity contribution in [1.82, 2.24) is 4.90 Å². The van der Waals surface area contributed by atoms with E-state index < -0.39 is 0 Å². The monoisotopic (exact) mass is 261 g/mol. The molecule has 3 heteroatoms. The van der Waals surface area contributed by atoms with Crippen molar-refractivity contribution in [3.63, 3.8) is 0 Å². The third-order valence-electron chi connectivity index (χ3n) is 3.23. The molecule has 2 rings (SSSR count). The number of carbonyl (C=O) groups excluding carboxylic acids is 1. The molecule has 0 aromatic heterocycles. The van der Waals surface area contributed by atoms with Gasteiger partial charge in [-0.15, -0.1) is 0 Å². The summed E-state index contributed by atoms with van der Waals surface area (Å²) >= 11 is 0. The molecule has 0 heterocycles. The third kappa shape index (κ3) is 3.09. The molecule has 104 valence electrons. The Balaban J connectivity index is 2.49. The van der Waals surface area contributed by atoms with Gasteiger partial charge in [0.2, 0.25) is 0 Å². The van der Waals surface area contributed by atoms with Crippen LogP contribution in [0.3, 0.4) is 0 Å². The van der Waals surface area contributed by atoms with Gasteiger partial charge >= 0.3 is 0 Å². The summed E-state index contributed by atoms with van der Waals surface area (Å²) in [7, 11) is 3.56. The van der Waals surface area contributed by atoms with Crippen molar-refractivity contribution in [2.24, 2.45) is 0 Å².